The van der Waals surface area contributed by atoms with Crippen LogP contribution in [0.4, 0.5) is 4.39 Å². The van der Waals surface area contributed by atoms with Gasteiger partial charge in [-0.2, -0.15) is 0 Å². The number of rotatable bonds is 4. The van der Waals surface area contributed by atoms with Crippen molar-refractivity contribution in [2.75, 3.05) is 13.2 Å². The molecule has 0 radical (unpaired) electrons. The fraction of sp³-hybridized carbons (Fsp3) is 1.00. The van der Waals surface area contributed by atoms with Crippen LogP contribution in [0.25, 0.3) is 0 Å². The van der Waals surface area contributed by atoms with Crippen molar-refractivity contribution >= 4 is 0 Å². The zero-order chi connectivity index (χ0) is 18.2. The molecular weight excluding hydrogens is 339 g/mol. The molecule has 0 spiro atoms. The van der Waals surface area contributed by atoms with Gasteiger partial charge in [0.2, 0.25) is 6.29 Å². The van der Waals surface area contributed by atoms with Gasteiger partial charge in [-0.3, -0.25) is 0 Å². The van der Waals surface area contributed by atoms with E-state index in [1.165, 1.54) is 0 Å². The summed E-state index contributed by atoms with van der Waals surface area (Å²) in [5.41, 5.74) is 0. The summed E-state index contributed by atoms with van der Waals surface area (Å²) >= 11 is 0. The molecule has 2 aliphatic heterocycles. The molecule has 2 heterocycles. The van der Waals surface area contributed by atoms with E-state index in [-0.39, 0.29) is 0 Å². The molecule has 2 saturated heterocycles. The molecule has 10 atom stereocenters. The quantitative estimate of drug-likeness (QED) is 0.239. The van der Waals surface area contributed by atoms with Crippen molar-refractivity contribution in [3.8, 4) is 0 Å². The van der Waals surface area contributed by atoms with E-state index in [9.17, 15) is 35.0 Å². The van der Waals surface area contributed by atoms with Crippen molar-refractivity contribution in [3.05, 3.63) is 0 Å². The molecule has 0 aromatic carbocycles. The number of ether oxygens (including phenoxy) is 3. The predicted octanol–water partition coefficient (Wildman–Crippen LogP) is -5.10. The molecule has 0 unspecified atom stereocenters. The summed E-state index contributed by atoms with van der Waals surface area (Å²) in [5.74, 6) is -3.65. The minimum absolute atomic E-state index is 0.730. The Balaban J connectivity index is 2.16. The summed E-state index contributed by atoms with van der Waals surface area (Å²) in [6.07, 6.45) is -16.9. The molecule has 0 amide bonds. The second-order valence-electron chi connectivity index (χ2n) is 5.68. The van der Waals surface area contributed by atoms with Crippen LogP contribution in [0.1, 0.15) is 0 Å². The predicted molar refractivity (Wildman–Crippen MR) is 68.7 cm³/mol. The molecule has 8 N–H and O–H groups in total. The maximum atomic E-state index is 14.2. The number of aliphatic hydroxyl groups is 8. The summed E-state index contributed by atoms with van der Waals surface area (Å²) in [4.78, 5) is 0. The van der Waals surface area contributed by atoms with Crippen LogP contribution in [0, 0.1) is 0 Å². The fourth-order valence-corrected chi connectivity index (χ4v) is 2.56. The summed E-state index contributed by atoms with van der Waals surface area (Å²) < 4.78 is 28.7. The highest BCUT2D eigenvalue weighted by Crippen LogP contribution is 2.34. The van der Waals surface area contributed by atoms with E-state index in [2.05, 4.69) is 0 Å². The highest BCUT2D eigenvalue weighted by molar-refractivity contribution is 4.96. The molecule has 0 aromatic heterocycles. The Hall–Kier alpha value is -0.510. The van der Waals surface area contributed by atoms with E-state index in [0.29, 0.717) is 0 Å². The smallest absolute Gasteiger partial charge is 0.287 e. The monoisotopic (exact) mass is 360 g/mol. The number of hydrogen-bond donors (Lipinski definition) is 8. The molecular formula is C12H21FO11. The van der Waals surface area contributed by atoms with E-state index in [4.69, 9.17) is 24.4 Å². The van der Waals surface area contributed by atoms with Crippen LogP contribution in [0.5, 0.6) is 0 Å². The van der Waals surface area contributed by atoms with Crippen molar-refractivity contribution in [3.63, 3.8) is 0 Å². The SMILES string of the molecule is OC[C@H]1O[C@H](O[C@@H]2[C@@H](O)[C@H](O)[C@@H](CO)O[C@@H]2O)[C@@](O)(F)[C@@H](O)[C@@H]1O. The molecule has 0 aromatic rings. The van der Waals surface area contributed by atoms with Gasteiger partial charge in [0.1, 0.15) is 42.7 Å². The van der Waals surface area contributed by atoms with E-state index in [1.54, 1.807) is 0 Å². The lowest BCUT2D eigenvalue weighted by Crippen LogP contribution is -2.68. The Bertz CT molecular complexity index is 424. The fourth-order valence-electron chi connectivity index (χ4n) is 2.56. The van der Waals surface area contributed by atoms with Crippen molar-refractivity contribution in [2.45, 2.75) is 61.2 Å². The van der Waals surface area contributed by atoms with Gasteiger partial charge in [0.15, 0.2) is 6.29 Å². The molecule has 2 fully saturated rings. The second-order valence-corrected chi connectivity index (χ2v) is 5.68. The summed E-state index contributed by atoms with van der Waals surface area (Å²) in [6, 6.07) is 0. The van der Waals surface area contributed by atoms with Gasteiger partial charge in [0.05, 0.1) is 13.2 Å². The zero-order valence-corrected chi connectivity index (χ0v) is 12.3. The number of halogens is 1. The zero-order valence-electron chi connectivity index (χ0n) is 12.3. The van der Waals surface area contributed by atoms with Crippen LogP contribution < -0.4 is 0 Å². The molecule has 24 heavy (non-hydrogen) atoms. The minimum Gasteiger partial charge on any atom is -0.394 e. The third kappa shape index (κ3) is 3.40. The Morgan fingerprint density at radius 3 is 1.96 bits per heavy atom. The topological polar surface area (TPSA) is 190 Å². The van der Waals surface area contributed by atoms with E-state index >= 15 is 0 Å². The maximum Gasteiger partial charge on any atom is 0.287 e. The van der Waals surface area contributed by atoms with Crippen molar-refractivity contribution < 1.29 is 59.5 Å². The Kier molecular flexibility index (Phi) is 6.10. The molecule has 0 bridgehead atoms. The number of hydrogen-bond acceptors (Lipinski definition) is 11. The van der Waals surface area contributed by atoms with Gasteiger partial charge in [-0.1, -0.05) is 0 Å². The third-order valence-electron chi connectivity index (χ3n) is 4.05. The number of alkyl halides is 1. The highest BCUT2D eigenvalue weighted by atomic mass is 19.2. The first-order chi connectivity index (χ1) is 11.1. The normalized spacial score (nSPS) is 53.1. The lowest BCUT2D eigenvalue weighted by Gasteiger charge is -2.46. The average Bonchev–Trinajstić information content (AvgIpc) is 2.54. The van der Waals surface area contributed by atoms with Gasteiger partial charge in [-0.15, -0.1) is 0 Å². The highest BCUT2D eigenvalue weighted by Gasteiger charge is 2.58. The van der Waals surface area contributed by atoms with Crippen LogP contribution in [-0.2, 0) is 14.2 Å². The summed E-state index contributed by atoms with van der Waals surface area (Å²) in [6.45, 7) is -1.58. The van der Waals surface area contributed by atoms with Gasteiger partial charge >= 0.3 is 0 Å². The molecule has 2 aliphatic rings. The molecule has 2 rings (SSSR count). The Labute approximate surface area is 135 Å². The third-order valence-corrected chi connectivity index (χ3v) is 4.05. The van der Waals surface area contributed by atoms with Crippen molar-refractivity contribution in [1.82, 2.24) is 0 Å². The number of aliphatic hydroxyl groups excluding tert-OH is 7. The first-order valence-corrected chi connectivity index (χ1v) is 7.14. The largest absolute Gasteiger partial charge is 0.394 e. The van der Waals surface area contributed by atoms with Gasteiger partial charge in [0.25, 0.3) is 5.85 Å². The van der Waals surface area contributed by atoms with Gasteiger partial charge in [-0.05, 0) is 0 Å². The lowest BCUT2D eigenvalue weighted by molar-refractivity contribution is -0.410. The van der Waals surface area contributed by atoms with Gasteiger partial charge < -0.3 is 55.1 Å². The van der Waals surface area contributed by atoms with Crippen molar-refractivity contribution in [2.24, 2.45) is 0 Å². The van der Waals surface area contributed by atoms with E-state index in [0.717, 1.165) is 0 Å². The summed E-state index contributed by atoms with van der Waals surface area (Å²) in [5, 5.41) is 76.1. The molecule has 11 nitrogen and oxygen atoms in total. The van der Waals surface area contributed by atoms with Crippen LogP contribution >= 0.6 is 0 Å². The molecule has 0 saturated carbocycles. The standard InChI is InChI=1S/C12H21FO11/c13-12(21)9(19)6(17)4(2-15)23-11(12)24-8-7(18)5(16)3(1-14)22-10(8)20/h3-11,14-21H,1-2H2/t3-,4-,5-,6-,7+,8-,9+,10+,11-,12-/m1/s1. The maximum absolute atomic E-state index is 14.2. The first-order valence-electron chi connectivity index (χ1n) is 7.14. The second kappa shape index (κ2) is 7.39. The van der Waals surface area contributed by atoms with Crippen LogP contribution in [0.3, 0.4) is 0 Å². The van der Waals surface area contributed by atoms with Crippen molar-refractivity contribution in [1.29, 1.82) is 0 Å². The minimum atomic E-state index is -3.65. The molecule has 142 valence electrons. The van der Waals surface area contributed by atoms with Crippen LogP contribution in [-0.4, -0.2) is 115 Å². The Morgan fingerprint density at radius 2 is 1.42 bits per heavy atom. The van der Waals surface area contributed by atoms with Crippen LogP contribution in [0.15, 0.2) is 0 Å². The van der Waals surface area contributed by atoms with Gasteiger partial charge in [-0.25, -0.2) is 4.39 Å². The molecule has 0 aliphatic carbocycles. The van der Waals surface area contributed by atoms with Crippen LogP contribution in [0.2, 0.25) is 0 Å². The first kappa shape index (κ1) is 19.8. The average molecular weight is 360 g/mol. The lowest BCUT2D eigenvalue weighted by atomic mass is 9.96. The van der Waals surface area contributed by atoms with E-state index < -0.39 is 74.4 Å². The van der Waals surface area contributed by atoms with E-state index in [1.807, 2.05) is 0 Å². The Morgan fingerprint density at radius 1 is 0.875 bits per heavy atom. The summed E-state index contributed by atoms with van der Waals surface area (Å²) in [7, 11) is 0. The van der Waals surface area contributed by atoms with Gasteiger partial charge in [0, 0.05) is 0 Å². The molecule has 12 heteroatoms.